The van der Waals surface area contributed by atoms with Crippen molar-refractivity contribution >= 4 is 5.69 Å². The van der Waals surface area contributed by atoms with E-state index >= 15 is 0 Å². The van der Waals surface area contributed by atoms with Crippen molar-refractivity contribution in [3.8, 4) is 0 Å². The lowest BCUT2D eigenvalue weighted by atomic mass is 10.1. The van der Waals surface area contributed by atoms with Gasteiger partial charge in [-0.05, 0) is 51.4 Å². The molecule has 0 aliphatic carbocycles. The fourth-order valence-electron chi connectivity index (χ4n) is 2.51. The van der Waals surface area contributed by atoms with Crippen LogP contribution in [-0.4, -0.2) is 31.2 Å². The van der Waals surface area contributed by atoms with Gasteiger partial charge >= 0.3 is 0 Å². The second-order valence-corrected chi connectivity index (χ2v) is 5.17. The van der Waals surface area contributed by atoms with Gasteiger partial charge in [0.2, 0.25) is 0 Å². The Morgan fingerprint density at radius 3 is 2.94 bits per heavy atom. The summed E-state index contributed by atoms with van der Waals surface area (Å²) in [5.41, 5.74) is 3.57. The van der Waals surface area contributed by atoms with Gasteiger partial charge in [0.15, 0.2) is 0 Å². The number of hydrogen-bond acceptors (Lipinski definition) is 3. The lowest BCUT2D eigenvalue weighted by Gasteiger charge is -2.31. The van der Waals surface area contributed by atoms with Crippen LogP contribution in [0.5, 0.6) is 0 Å². The van der Waals surface area contributed by atoms with Crippen LogP contribution in [0.2, 0.25) is 0 Å². The van der Waals surface area contributed by atoms with Gasteiger partial charge in [-0.3, -0.25) is 4.98 Å². The zero-order valence-corrected chi connectivity index (χ0v) is 11.2. The van der Waals surface area contributed by atoms with Crippen LogP contribution in [-0.2, 0) is 0 Å². The van der Waals surface area contributed by atoms with Crippen LogP contribution >= 0.6 is 0 Å². The van der Waals surface area contributed by atoms with Crippen molar-refractivity contribution in [3.63, 3.8) is 0 Å². The van der Waals surface area contributed by atoms with E-state index in [0.717, 1.165) is 37.6 Å². The molecule has 0 bridgehead atoms. The summed E-state index contributed by atoms with van der Waals surface area (Å²) < 4.78 is 0. The monoisotopic (exact) mass is 233 g/mol. The highest BCUT2D eigenvalue weighted by molar-refractivity contribution is 5.50. The summed E-state index contributed by atoms with van der Waals surface area (Å²) in [4.78, 5) is 7.06. The van der Waals surface area contributed by atoms with Gasteiger partial charge in [0.1, 0.15) is 0 Å². The first-order valence-electron chi connectivity index (χ1n) is 6.56. The summed E-state index contributed by atoms with van der Waals surface area (Å²) in [7, 11) is 0. The van der Waals surface area contributed by atoms with E-state index < -0.39 is 0 Å². The largest absolute Gasteiger partial charge is 0.370 e. The number of rotatable bonds is 1. The van der Waals surface area contributed by atoms with Crippen molar-refractivity contribution in [1.82, 2.24) is 10.3 Å². The lowest BCUT2D eigenvalue weighted by Crippen LogP contribution is -2.39. The third kappa shape index (κ3) is 3.19. The van der Waals surface area contributed by atoms with Crippen molar-refractivity contribution in [1.29, 1.82) is 0 Å². The van der Waals surface area contributed by atoms with Gasteiger partial charge in [0.25, 0.3) is 0 Å². The van der Waals surface area contributed by atoms with Gasteiger partial charge in [-0.25, -0.2) is 0 Å². The van der Waals surface area contributed by atoms with E-state index in [1.807, 2.05) is 0 Å². The Balaban J connectivity index is 2.17. The molecule has 1 N–H and O–H groups in total. The lowest BCUT2D eigenvalue weighted by molar-refractivity contribution is 0.467. The SMILES string of the molecule is Cc1ccc(N2CCCNCC(C)C2)c(C)n1. The number of aromatic nitrogens is 1. The summed E-state index contributed by atoms with van der Waals surface area (Å²) in [6.07, 6.45) is 1.21. The number of aryl methyl sites for hydroxylation is 2. The molecular weight excluding hydrogens is 210 g/mol. The number of pyridine rings is 1. The molecule has 17 heavy (non-hydrogen) atoms. The van der Waals surface area contributed by atoms with Gasteiger partial charge < -0.3 is 10.2 Å². The van der Waals surface area contributed by atoms with Gasteiger partial charge in [-0.1, -0.05) is 6.92 Å². The zero-order chi connectivity index (χ0) is 12.3. The van der Waals surface area contributed by atoms with E-state index in [1.54, 1.807) is 0 Å². The zero-order valence-electron chi connectivity index (χ0n) is 11.2. The standard InChI is InChI=1S/C14H23N3/c1-11-9-15-7-4-8-17(10-11)14-6-5-12(2)16-13(14)3/h5-6,11,15H,4,7-10H2,1-3H3. The minimum absolute atomic E-state index is 0.691. The van der Waals surface area contributed by atoms with Gasteiger partial charge in [-0.15, -0.1) is 0 Å². The first kappa shape index (κ1) is 12.4. The summed E-state index contributed by atoms with van der Waals surface area (Å²) in [5.74, 6) is 0.691. The average Bonchev–Trinajstić information content (AvgIpc) is 2.24. The molecule has 0 aromatic carbocycles. The molecule has 2 heterocycles. The highest BCUT2D eigenvalue weighted by atomic mass is 15.1. The highest BCUT2D eigenvalue weighted by Gasteiger charge is 2.15. The van der Waals surface area contributed by atoms with Crippen molar-refractivity contribution in [2.45, 2.75) is 27.2 Å². The molecular formula is C14H23N3. The third-order valence-electron chi connectivity index (χ3n) is 3.34. The Bertz CT molecular complexity index is 376. The normalized spacial score (nSPS) is 22.1. The predicted octanol–water partition coefficient (Wildman–Crippen LogP) is 2.13. The molecule has 0 spiro atoms. The van der Waals surface area contributed by atoms with E-state index in [0.29, 0.717) is 5.92 Å². The van der Waals surface area contributed by atoms with Crippen LogP contribution in [0.15, 0.2) is 12.1 Å². The topological polar surface area (TPSA) is 28.2 Å². The van der Waals surface area contributed by atoms with Gasteiger partial charge in [-0.2, -0.15) is 0 Å². The molecule has 3 heteroatoms. The maximum atomic E-state index is 4.57. The van der Waals surface area contributed by atoms with Crippen molar-refractivity contribution in [3.05, 3.63) is 23.5 Å². The number of anilines is 1. The molecule has 0 amide bonds. The molecule has 0 radical (unpaired) electrons. The molecule has 1 fully saturated rings. The number of nitrogens with zero attached hydrogens (tertiary/aromatic N) is 2. The van der Waals surface area contributed by atoms with E-state index in [4.69, 9.17) is 0 Å². The average molecular weight is 233 g/mol. The fraction of sp³-hybridized carbons (Fsp3) is 0.643. The molecule has 1 aliphatic heterocycles. The Hall–Kier alpha value is -1.09. The van der Waals surface area contributed by atoms with Crippen LogP contribution in [0.1, 0.15) is 24.7 Å². The van der Waals surface area contributed by atoms with E-state index in [1.165, 1.54) is 12.1 Å². The molecule has 1 atom stereocenters. The molecule has 1 aliphatic rings. The number of hydrogen-bond donors (Lipinski definition) is 1. The smallest absolute Gasteiger partial charge is 0.0608 e. The third-order valence-corrected chi connectivity index (χ3v) is 3.34. The second-order valence-electron chi connectivity index (χ2n) is 5.17. The molecule has 94 valence electrons. The van der Waals surface area contributed by atoms with Crippen molar-refractivity contribution < 1.29 is 0 Å². The Kier molecular flexibility index (Phi) is 4.00. The maximum absolute atomic E-state index is 4.57. The quantitative estimate of drug-likeness (QED) is 0.805. The van der Waals surface area contributed by atoms with Crippen molar-refractivity contribution in [2.75, 3.05) is 31.1 Å². The molecule has 1 aromatic rings. The van der Waals surface area contributed by atoms with Gasteiger partial charge in [0.05, 0.1) is 11.4 Å². The minimum Gasteiger partial charge on any atom is -0.370 e. The molecule has 3 nitrogen and oxygen atoms in total. The Morgan fingerprint density at radius 2 is 2.18 bits per heavy atom. The van der Waals surface area contributed by atoms with Crippen LogP contribution in [0.25, 0.3) is 0 Å². The van der Waals surface area contributed by atoms with E-state index in [-0.39, 0.29) is 0 Å². The van der Waals surface area contributed by atoms with Crippen LogP contribution in [0.4, 0.5) is 5.69 Å². The number of nitrogens with one attached hydrogen (secondary N) is 1. The van der Waals surface area contributed by atoms with Gasteiger partial charge in [0, 0.05) is 18.8 Å². The molecule has 2 rings (SSSR count). The predicted molar refractivity (Wildman–Crippen MR) is 72.6 cm³/mol. The molecule has 1 aromatic heterocycles. The summed E-state index contributed by atoms with van der Waals surface area (Å²) in [6, 6.07) is 4.34. The summed E-state index contributed by atoms with van der Waals surface area (Å²) >= 11 is 0. The van der Waals surface area contributed by atoms with Crippen LogP contribution in [0.3, 0.4) is 0 Å². The molecule has 1 saturated heterocycles. The Morgan fingerprint density at radius 1 is 1.35 bits per heavy atom. The van der Waals surface area contributed by atoms with Crippen LogP contribution < -0.4 is 10.2 Å². The summed E-state index contributed by atoms with van der Waals surface area (Å²) in [5, 5.41) is 3.49. The highest BCUT2D eigenvalue weighted by Crippen LogP contribution is 2.20. The summed E-state index contributed by atoms with van der Waals surface area (Å²) in [6.45, 7) is 11.0. The minimum atomic E-state index is 0.691. The van der Waals surface area contributed by atoms with E-state index in [9.17, 15) is 0 Å². The molecule has 1 unspecified atom stereocenters. The Labute approximate surface area is 104 Å². The van der Waals surface area contributed by atoms with E-state index in [2.05, 4.69) is 48.1 Å². The van der Waals surface area contributed by atoms with Crippen LogP contribution in [0, 0.1) is 19.8 Å². The first-order valence-corrected chi connectivity index (χ1v) is 6.56. The fourth-order valence-corrected chi connectivity index (χ4v) is 2.51. The van der Waals surface area contributed by atoms with Crippen molar-refractivity contribution in [2.24, 2.45) is 5.92 Å². The molecule has 0 saturated carbocycles. The second kappa shape index (κ2) is 5.50. The maximum Gasteiger partial charge on any atom is 0.0608 e. The first-order chi connectivity index (χ1) is 8.16.